The van der Waals surface area contributed by atoms with E-state index < -0.39 is 5.60 Å². The molecule has 1 aromatic rings. The summed E-state index contributed by atoms with van der Waals surface area (Å²) in [4.78, 5) is 14.2. The molecule has 0 radical (unpaired) electrons. The topological polar surface area (TPSA) is 46.5 Å². The average molecular weight is 291 g/mol. The van der Waals surface area contributed by atoms with E-state index >= 15 is 0 Å². The Kier molecular flexibility index (Phi) is 3.48. The van der Waals surface area contributed by atoms with Crippen molar-refractivity contribution in [2.75, 3.05) is 19.6 Å². The molecule has 5 nitrogen and oxygen atoms in total. The lowest BCUT2D eigenvalue weighted by Gasteiger charge is -2.46. The quantitative estimate of drug-likeness (QED) is 0.798. The number of carbonyl (C=O) groups excluding carboxylic acids is 1. The van der Waals surface area contributed by atoms with Crippen LogP contribution in [0.25, 0.3) is 0 Å². The summed E-state index contributed by atoms with van der Waals surface area (Å²) in [6.45, 7) is 9.14. The van der Waals surface area contributed by atoms with E-state index in [1.807, 2.05) is 25.7 Å². The SMILES string of the molecule is CC(C)(C)OC(=O)N1CCC[C@]2(C1)NCCn1cccc12. The Morgan fingerprint density at radius 1 is 1.38 bits per heavy atom. The van der Waals surface area contributed by atoms with Crippen LogP contribution < -0.4 is 5.32 Å². The Morgan fingerprint density at radius 2 is 2.19 bits per heavy atom. The van der Waals surface area contributed by atoms with E-state index in [1.54, 1.807) is 0 Å². The van der Waals surface area contributed by atoms with Gasteiger partial charge in [0.1, 0.15) is 5.60 Å². The van der Waals surface area contributed by atoms with Crippen molar-refractivity contribution < 1.29 is 9.53 Å². The van der Waals surface area contributed by atoms with Gasteiger partial charge in [-0.25, -0.2) is 4.79 Å². The number of piperidine rings is 1. The zero-order chi connectivity index (χ0) is 15.1. The van der Waals surface area contributed by atoms with Gasteiger partial charge in [0.25, 0.3) is 0 Å². The van der Waals surface area contributed by atoms with E-state index in [2.05, 4.69) is 28.2 Å². The molecule has 1 aromatic heterocycles. The van der Waals surface area contributed by atoms with Crippen molar-refractivity contribution in [3.8, 4) is 0 Å². The largest absolute Gasteiger partial charge is 0.444 e. The number of amides is 1. The van der Waals surface area contributed by atoms with Crippen molar-refractivity contribution in [1.29, 1.82) is 0 Å². The Bertz CT molecular complexity index is 532. The van der Waals surface area contributed by atoms with E-state index in [-0.39, 0.29) is 11.6 Å². The number of fused-ring (bicyclic) bond motifs is 2. The van der Waals surface area contributed by atoms with Gasteiger partial charge in [-0.3, -0.25) is 0 Å². The summed E-state index contributed by atoms with van der Waals surface area (Å²) in [6.07, 6.45) is 3.99. The van der Waals surface area contributed by atoms with Crippen LogP contribution in [0, 0.1) is 0 Å². The minimum atomic E-state index is -0.443. The maximum atomic E-state index is 12.4. The number of hydrogen-bond donors (Lipinski definition) is 1. The van der Waals surface area contributed by atoms with Gasteiger partial charge in [0, 0.05) is 38.1 Å². The molecular weight excluding hydrogens is 266 g/mol. The normalized spacial score (nSPS) is 25.8. The molecular formula is C16H25N3O2. The third kappa shape index (κ3) is 2.79. The highest BCUT2D eigenvalue weighted by molar-refractivity contribution is 5.68. The molecule has 5 heteroatoms. The molecule has 0 unspecified atom stereocenters. The van der Waals surface area contributed by atoms with Crippen LogP contribution >= 0.6 is 0 Å². The van der Waals surface area contributed by atoms with Crippen molar-refractivity contribution in [3.05, 3.63) is 24.0 Å². The highest BCUT2D eigenvalue weighted by atomic mass is 16.6. The molecule has 1 atom stereocenters. The highest BCUT2D eigenvalue weighted by Gasteiger charge is 2.42. The van der Waals surface area contributed by atoms with Crippen molar-refractivity contribution in [3.63, 3.8) is 0 Å². The van der Waals surface area contributed by atoms with Crippen LogP contribution in [0.15, 0.2) is 18.3 Å². The van der Waals surface area contributed by atoms with Crippen LogP contribution in [-0.2, 0) is 16.8 Å². The molecule has 1 amide bonds. The summed E-state index contributed by atoms with van der Waals surface area (Å²) >= 11 is 0. The van der Waals surface area contributed by atoms with E-state index in [9.17, 15) is 4.79 Å². The van der Waals surface area contributed by atoms with Crippen molar-refractivity contribution in [1.82, 2.24) is 14.8 Å². The van der Waals surface area contributed by atoms with E-state index in [4.69, 9.17) is 4.74 Å². The van der Waals surface area contributed by atoms with Crippen molar-refractivity contribution in [2.24, 2.45) is 0 Å². The van der Waals surface area contributed by atoms with Gasteiger partial charge >= 0.3 is 6.09 Å². The van der Waals surface area contributed by atoms with Gasteiger partial charge in [-0.2, -0.15) is 0 Å². The maximum absolute atomic E-state index is 12.4. The molecule has 1 spiro atoms. The second-order valence-electron chi connectivity index (χ2n) is 7.10. The molecule has 116 valence electrons. The minimum absolute atomic E-state index is 0.114. The third-order valence-electron chi connectivity index (χ3n) is 4.28. The maximum Gasteiger partial charge on any atom is 0.410 e. The molecule has 0 aromatic carbocycles. The number of nitrogens with one attached hydrogen (secondary N) is 1. The lowest BCUT2D eigenvalue weighted by atomic mass is 9.84. The summed E-state index contributed by atoms with van der Waals surface area (Å²) in [5.74, 6) is 0. The zero-order valence-electron chi connectivity index (χ0n) is 13.2. The lowest BCUT2D eigenvalue weighted by molar-refractivity contribution is 0.00820. The monoisotopic (exact) mass is 291 g/mol. The van der Waals surface area contributed by atoms with Crippen LogP contribution in [0.5, 0.6) is 0 Å². The average Bonchev–Trinajstić information content (AvgIpc) is 2.87. The summed E-state index contributed by atoms with van der Waals surface area (Å²) in [5.41, 5.74) is 0.737. The van der Waals surface area contributed by atoms with E-state index in [1.165, 1.54) is 5.69 Å². The van der Waals surface area contributed by atoms with Gasteiger partial charge < -0.3 is 19.5 Å². The van der Waals surface area contributed by atoms with E-state index in [0.717, 1.165) is 32.5 Å². The Hall–Kier alpha value is -1.49. The standard InChI is InChI=1S/C16H25N3O2/c1-15(2,3)21-14(20)19-10-5-7-16(12-19)13-6-4-9-18(13)11-8-17-16/h4,6,9,17H,5,7-8,10-12H2,1-3H3/t16-/m1/s1. The Morgan fingerprint density at radius 3 is 2.95 bits per heavy atom. The van der Waals surface area contributed by atoms with Crippen LogP contribution in [-0.4, -0.2) is 40.8 Å². The Balaban J connectivity index is 1.80. The van der Waals surface area contributed by atoms with Gasteiger partial charge in [-0.15, -0.1) is 0 Å². The van der Waals surface area contributed by atoms with Gasteiger partial charge in [-0.1, -0.05) is 0 Å². The van der Waals surface area contributed by atoms with Gasteiger partial charge in [0.2, 0.25) is 0 Å². The van der Waals surface area contributed by atoms with Crippen LogP contribution in [0.2, 0.25) is 0 Å². The lowest BCUT2D eigenvalue weighted by Crippen LogP contribution is -2.59. The number of hydrogen-bond acceptors (Lipinski definition) is 3. The van der Waals surface area contributed by atoms with E-state index in [0.29, 0.717) is 6.54 Å². The second kappa shape index (κ2) is 5.05. The van der Waals surface area contributed by atoms with Crippen LogP contribution in [0.3, 0.4) is 0 Å². The number of aromatic nitrogens is 1. The van der Waals surface area contributed by atoms with Gasteiger partial charge in [-0.05, 0) is 45.7 Å². The molecule has 2 aliphatic rings. The number of likely N-dealkylation sites (tertiary alicyclic amines) is 1. The summed E-state index contributed by atoms with van der Waals surface area (Å²) < 4.78 is 7.83. The smallest absolute Gasteiger partial charge is 0.410 e. The van der Waals surface area contributed by atoms with Crippen LogP contribution in [0.4, 0.5) is 4.79 Å². The highest BCUT2D eigenvalue weighted by Crippen LogP contribution is 2.34. The number of ether oxygens (including phenoxy) is 1. The predicted molar refractivity (Wildman–Crippen MR) is 81.2 cm³/mol. The summed E-state index contributed by atoms with van der Waals surface area (Å²) in [6, 6.07) is 4.27. The predicted octanol–water partition coefficient (Wildman–Crippen LogP) is 2.32. The molecule has 0 saturated carbocycles. The molecule has 1 N–H and O–H groups in total. The molecule has 2 aliphatic heterocycles. The third-order valence-corrected chi connectivity index (χ3v) is 4.28. The molecule has 1 saturated heterocycles. The summed E-state index contributed by atoms with van der Waals surface area (Å²) in [5, 5.41) is 3.65. The van der Waals surface area contributed by atoms with Crippen LogP contribution in [0.1, 0.15) is 39.3 Å². The number of rotatable bonds is 0. The Labute approximate surface area is 126 Å². The van der Waals surface area contributed by atoms with Crippen molar-refractivity contribution >= 4 is 6.09 Å². The first kappa shape index (κ1) is 14.4. The fourth-order valence-electron chi connectivity index (χ4n) is 3.44. The first-order valence-electron chi connectivity index (χ1n) is 7.78. The molecule has 0 bridgehead atoms. The molecule has 0 aliphatic carbocycles. The first-order chi connectivity index (χ1) is 9.90. The zero-order valence-corrected chi connectivity index (χ0v) is 13.2. The molecule has 3 rings (SSSR count). The minimum Gasteiger partial charge on any atom is -0.444 e. The van der Waals surface area contributed by atoms with Crippen molar-refractivity contribution in [2.45, 2.75) is 51.3 Å². The van der Waals surface area contributed by atoms with Gasteiger partial charge in [0.05, 0.1) is 5.54 Å². The second-order valence-corrected chi connectivity index (χ2v) is 7.10. The summed E-state index contributed by atoms with van der Waals surface area (Å²) in [7, 11) is 0. The fraction of sp³-hybridized carbons (Fsp3) is 0.688. The first-order valence-corrected chi connectivity index (χ1v) is 7.78. The molecule has 1 fully saturated rings. The number of carbonyl (C=O) groups is 1. The number of nitrogens with zero attached hydrogens (tertiary/aromatic N) is 2. The molecule has 21 heavy (non-hydrogen) atoms. The fourth-order valence-corrected chi connectivity index (χ4v) is 3.44. The molecule has 3 heterocycles. The van der Waals surface area contributed by atoms with Gasteiger partial charge in [0.15, 0.2) is 0 Å².